The van der Waals surface area contributed by atoms with E-state index in [4.69, 9.17) is 4.74 Å². The van der Waals surface area contributed by atoms with E-state index in [1.807, 2.05) is 0 Å². The highest BCUT2D eigenvalue weighted by molar-refractivity contribution is 7.12. The van der Waals surface area contributed by atoms with Crippen molar-refractivity contribution in [2.24, 2.45) is 0 Å². The van der Waals surface area contributed by atoms with E-state index >= 15 is 0 Å². The molecule has 0 radical (unpaired) electrons. The van der Waals surface area contributed by atoms with Crippen LogP contribution in [0.15, 0.2) is 11.4 Å². The Balaban J connectivity index is 2.72. The SMILES string of the molecule is CNC(=O)c1sccc1NC(=O)OC(C)(C)C. The van der Waals surface area contributed by atoms with Crippen LogP contribution >= 0.6 is 11.3 Å². The Kier molecular flexibility index (Phi) is 4.11. The van der Waals surface area contributed by atoms with Crippen molar-refractivity contribution in [1.82, 2.24) is 5.32 Å². The molecule has 0 fully saturated rings. The lowest BCUT2D eigenvalue weighted by Gasteiger charge is -2.19. The first-order chi connectivity index (χ1) is 7.83. The quantitative estimate of drug-likeness (QED) is 0.854. The summed E-state index contributed by atoms with van der Waals surface area (Å²) < 4.78 is 5.10. The summed E-state index contributed by atoms with van der Waals surface area (Å²) in [6.07, 6.45) is -0.568. The lowest BCUT2D eigenvalue weighted by Crippen LogP contribution is -2.28. The predicted octanol–water partition coefficient (Wildman–Crippen LogP) is 2.45. The second kappa shape index (κ2) is 5.18. The number of nitrogens with one attached hydrogen (secondary N) is 2. The van der Waals surface area contributed by atoms with Gasteiger partial charge in [0.1, 0.15) is 10.5 Å². The molecule has 17 heavy (non-hydrogen) atoms. The molecule has 0 aliphatic rings. The smallest absolute Gasteiger partial charge is 0.412 e. The van der Waals surface area contributed by atoms with Gasteiger partial charge in [-0.3, -0.25) is 10.1 Å². The van der Waals surface area contributed by atoms with Crippen LogP contribution in [0.1, 0.15) is 30.4 Å². The number of hydrogen-bond donors (Lipinski definition) is 2. The fourth-order valence-corrected chi connectivity index (χ4v) is 1.91. The van der Waals surface area contributed by atoms with Gasteiger partial charge in [-0.05, 0) is 32.2 Å². The molecule has 0 saturated heterocycles. The van der Waals surface area contributed by atoms with Gasteiger partial charge in [0, 0.05) is 7.05 Å². The number of amides is 2. The molecule has 0 aromatic carbocycles. The minimum absolute atomic E-state index is 0.231. The third-order valence-electron chi connectivity index (χ3n) is 1.73. The molecular weight excluding hydrogens is 240 g/mol. The van der Waals surface area contributed by atoms with E-state index in [2.05, 4.69) is 10.6 Å². The van der Waals surface area contributed by atoms with Crippen LogP contribution in [-0.4, -0.2) is 24.6 Å². The number of carbonyl (C=O) groups excluding carboxylic acids is 2. The molecule has 0 spiro atoms. The summed E-state index contributed by atoms with van der Waals surface area (Å²) in [5, 5.41) is 6.79. The number of hydrogen-bond acceptors (Lipinski definition) is 4. The molecular formula is C11H16N2O3S. The van der Waals surface area contributed by atoms with E-state index in [9.17, 15) is 9.59 Å². The molecule has 6 heteroatoms. The highest BCUT2D eigenvalue weighted by Gasteiger charge is 2.19. The van der Waals surface area contributed by atoms with Crippen LogP contribution in [0.5, 0.6) is 0 Å². The van der Waals surface area contributed by atoms with Gasteiger partial charge in [0.2, 0.25) is 0 Å². The van der Waals surface area contributed by atoms with Crippen molar-refractivity contribution in [3.8, 4) is 0 Å². The van der Waals surface area contributed by atoms with Gasteiger partial charge in [0.05, 0.1) is 5.69 Å². The zero-order valence-corrected chi connectivity index (χ0v) is 11.1. The highest BCUT2D eigenvalue weighted by Crippen LogP contribution is 2.22. The first kappa shape index (κ1) is 13.5. The molecule has 0 bridgehead atoms. The van der Waals surface area contributed by atoms with E-state index in [0.717, 1.165) is 0 Å². The molecule has 1 aromatic rings. The van der Waals surface area contributed by atoms with Crippen molar-refractivity contribution in [3.05, 3.63) is 16.3 Å². The minimum Gasteiger partial charge on any atom is -0.444 e. The molecule has 0 aliphatic carbocycles. The van der Waals surface area contributed by atoms with Gasteiger partial charge in [-0.1, -0.05) is 0 Å². The van der Waals surface area contributed by atoms with Crippen LogP contribution in [0.4, 0.5) is 10.5 Å². The van der Waals surface area contributed by atoms with Crippen molar-refractivity contribution in [2.45, 2.75) is 26.4 Å². The Bertz CT molecular complexity index is 421. The van der Waals surface area contributed by atoms with Crippen LogP contribution in [0.2, 0.25) is 0 Å². The number of carbonyl (C=O) groups is 2. The molecule has 0 aliphatic heterocycles. The van der Waals surface area contributed by atoms with Gasteiger partial charge in [-0.15, -0.1) is 11.3 Å². The van der Waals surface area contributed by atoms with Gasteiger partial charge in [-0.2, -0.15) is 0 Å². The Hall–Kier alpha value is -1.56. The third-order valence-corrected chi connectivity index (χ3v) is 2.65. The largest absolute Gasteiger partial charge is 0.444 e. The maximum absolute atomic E-state index is 11.5. The van der Waals surface area contributed by atoms with E-state index < -0.39 is 11.7 Å². The summed E-state index contributed by atoms with van der Waals surface area (Å²) >= 11 is 1.26. The van der Waals surface area contributed by atoms with Crippen molar-refractivity contribution in [2.75, 3.05) is 12.4 Å². The van der Waals surface area contributed by atoms with Gasteiger partial charge >= 0.3 is 6.09 Å². The molecule has 5 nitrogen and oxygen atoms in total. The molecule has 1 rings (SSSR count). The van der Waals surface area contributed by atoms with Crippen molar-refractivity contribution >= 4 is 29.0 Å². The molecule has 94 valence electrons. The first-order valence-electron chi connectivity index (χ1n) is 5.13. The summed E-state index contributed by atoms with van der Waals surface area (Å²) in [5.41, 5.74) is -0.101. The average molecular weight is 256 g/mol. The maximum Gasteiger partial charge on any atom is 0.412 e. The van der Waals surface area contributed by atoms with Crippen LogP contribution in [0.3, 0.4) is 0 Å². The van der Waals surface area contributed by atoms with Crippen LogP contribution < -0.4 is 10.6 Å². The Labute approximate surface area is 104 Å². The van der Waals surface area contributed by atoms with Crippen molar-refractivity contribution < 1.29 is 14.3 Å². The first-order valence-corrected chi connectivity index (χ1v) is 6.01. The summed E-state index contributed by atoms with van der Waals surface area (Å²) in [4.78, 5) is 23.5. The predicted molar refractivity (Wildman–Crippen MR) is 67.6 cm³/mol. The second-order valence-electron chi connectivity index (χ2n) is 4.37. The maximum atomic E-state index is 11.5. The monoisotopic (exact) mass is 256 g/mol. The van der Waals surface area contributed by atoms with Crippen LogP contribution in [0, 0.1) is 0 Å². The van der Waals surface area contributed by atoms with Crippen molar-refractivity contribution in [3.63, 3.8) is 0 Å². The molecule has 0 saturated carbocycles. The summed E-state index contributed by atoms with van der Waals surface area (Å²) in [6, 6.07) is 1.67. The Morgan fingerprint density at radius 1 is 1.35 bits per heavy atom. The fraction of sp³-hybridized carbons (Fsp3) is 0.455. The molecule has 0 atom stereocenters. The van der Waals surface area contributed by atoms with Crippen LogP contribution in [0.25, 0.3) is 0 Å². The van der Waals surface area contributed by atoms with Gasteiger partial charge in [-0.25, -0.2) is 4.79 Å². The van der Waals surface area contributed by atoms with E-state index in [1.54, 1.807) is 39.3 Å². The van der Waals surface area contributed by atoms with Crippen LogP contribution in [-0.2, 0) is 4.74 Å². The molecule has 1 heterocycles. The average Bonchev–Trinajstić information content (AvgIpc) is 2.61. The normalized spacial score (nSPS) is 10.8. The lowest BCUT2D eigenvalue weighted by atomic mass is 10.2. The summed E-state index contributed by atoms with van der Waals surface area (Å²) in [6.45, 7) is 5.33. The van der Waals surface area contributed by atoms with Gasteiger partial charge in [0.15, 0.2) is 0 Å². The van der Waals surface area contributed by atoms with Gasteiger partial charge in [0.25, 0.3) is 5.91 Å². The topological polar surface area (TPSA) is 67.4 Å². The number of anilines is 1. The fourth-order valence-electron chi connectivity index (χ4n) is 1.11. The zero-order chi connectivity index (χ0) is 13.1. The Morgan fingerprint density at radius 3 is 2.53 bits per heavy atom. The third kappa shape index (κ3) is 4.07. The number of thiophene rings is 1. The summed E-state index contributed by atoms with van der Waals surface area (Å²) in [7, 11) is 1.54. The second-order valence-corrected chi connectivity index (χ2v) is 5.29. The zero-order valence-electron chi connectivity index (χ0n) is 10.3. The highest BCUT2D eigenvalue weighted by atomic mass is 32.1. The standard InChI is InChI=1S/C11H16N2O3S/c1-11(2,3)16-10(15)13-7-5-6-17-8(7)9(14)12-4/h5-6H,1-4H3,(H,12,14)(H,13,15). The number of rotatable bonds is 2. The lowest BCUT2D eigenvalue weighted by molar-refractivity contribution is 0.0636. The minimum atomic E-state index is -0.568. The molecule has 2 amide bonds. The van der Waals surface area contributed by atoms with E-state index in [1.165, 1.54) is 11.3 Å². The molecule has 0 unspecified atom stereocenters. The number of ether oxygens (including phenoxy) is 1. The van der Waals surface area contributed by atoms with Gasteiger partial charge < -0.3 is 10.1 Å². The van der Waals surface area contributed by atoms with Crippen molar-refractivity contribution in [1.29, 1.82) is 0 Å². The molecule has 1 aromatic heterocycles. The van der Waals surface area contributed by atoms with E-state index in [0.29, 0.717) is 10.6 Å². The van der Waals surface area contributed by atoms with E-state index in [-0.39, 0.29) is 5.91 Å². The molecule has 2 N–H and O–H groups in total. The Morgan fingerprint density at radius 2 is 2.00 bits per heavy atom. The summed E-state index contributed by atoms with van der Waals surface area (Å²) in [5.74, 6) is -0.231.